The van der Waals surface area contributed by atoms with Gasteiger partial charge in [0.15, 0.2) is 0 Å². The van der Waals surface area contributed by atoms with Gasteiger partial charge in [0, 0.05) is 6.42 Å². The van der Waals surface area contributed by atoms with Gasteiger partial charge in [-0.1, -0.05) is 227 Å². The Bertz CT molecular complexity index is 1410. The molecule has 0 aromatic heterocycles. The van der Waals surface area contributed by atoms with E-state index < -0.39 is 26.6 Å². The minimum absolute atomic E-state index is 0.00931. The third kappa shape index (κ3) is 51.1. The number of hydrogen-bond acceptors (Lipinski definition) is 6. The zero-order valence-corrected chi connectivity index (χ0v) is 44.7. The van der Waals surface area contributed by atoms with Crippen molar-refractivity contribution in [3.8, 4) is 0 Å². The van der Waals surface area contributed by atoms with Crippen molar-refractivity contribution in [3.63, 3.8) is 0 Å². The standard InChI is InChI=1S/C58H103N2O6P/c1-6-8-10-12-14-16-17-18-19-20-21-22-23-24-25-26-27-28-29-30-31-32-33-34-35-36-37-38-39-40-41-42-43-44-46-48-50-52-58(62)59-56(55-66-67(63,64)65-54-53-60(3,4)5)57(61)51-49-47-45-15-13-11-9-7-2/h8,10,13-16,18-19,21-22,24-25,27-28,49,51,56-57,61H,6-7,9,11-12,17,20,23,26,29-48,50,52-55H2,1-5H3,(H-,59,62,63,64)/b10-8-,15-13+,16-14-,19-18-,22-21-,25-24-,28-27-,51-49+. The van der Waals surface area contributed by atoms with E-state index >= 15 is 0 Å². The van der Waals surface area contributed by atoms with E-state index in [1.54, 1.807) is 6.08 Å². The molecule has 0 spiro atoms. The van der Waals surface area contributed by atoms with Gasteiger partial charge in [0.1, 0.15) is 13.2 Å². The second kappa shape index (κ2) is 48.4. The van der Waals surface area contributed by atoms with Crippen LogP contribution in [0.3, 0.4) is 0 Å². The van der Waals surface area contributed by atoms with Crippen molar-refractivity contribution in [3.05, 3.63) is 97.2 Å². The van der Waals surface area contributed by atoms with Gasteiger partial charge >= 0.3 is 0 Å². The zero-order valence-electron chi connectivity index (χ0n) is 43.8. The van der Waals surface area contributed by atoms with Gasteiger partial charge in [0.05, 0.1) is 39.9 Å². The highest BCUT2D eigenvalue weighted by molar-refractivity contribution is 7.45. The van der Waals surface area contributed by atoms with Gasteiger partial charge in [0.25, 0.3) is 7.82 Å². The lowest BCUT2D eigenvalue weighted by Crippen LogP contribution is -2.45. The fraction of sp³-hybridized carbons (Fsp3) is 0.707. The zero-order chi connectivity index (χ0) is 49.2. The molecular formula is C58H103N2O6P. The number of aliphatic hydroxyl groups excluding tert-OH is 1. The van der Waals surface area contributed by atoms with Crippen LogP contribution in [0.2, 0.25) is 0 Å². The van der Waals surface area contributed by atoms with Gasteiger partial charge < -0.3 is 28.8 Å². The van der Waals surface area contributed by atoms with E-state index in [4.69, 9.17) is 9.05 Å². The second-order valence-corrected chi connectivity index (χ2v) is 20.6. The molecule has 0 fully saturated rings. The molecule has 0 aliphatic rings. The highest BCUT2D eigenvalue weighted by Gasteiger charge is 2.23. The molecule has 67 heavy (non-hydrogen) atoms. The van der Waals surface area contributed by atoms with Crippen molar-refractivity contribution < 1.29 is 32.9 Å². The first-order valence-electron chi connectivity index (χ1n) is 27.1. The maximum absolute atomic E-state index is 12.9. The molecule has 0 radical (unpaired) electrons. The van der Waals surface area contributed by atoms with E-state index in [9.17, 15) is 19.4 Å². The van der Waals surface area contributed by atoms with Crippen molar-refractivity contribution in [1.29, 1.82) is 0 Å². The second-order valence-electron chi connectivity index (χ2n) is 19.2. The van der Waals surface area contributed by atoms with Crippen molar-refractivity contribution in [2.45, 2.75) is 225 Å². The van der Waals surface area contributed by atoms with Crippen LogP contribution < -0.4 is 10.2 Å². The molecule has 8 nitrogen and oxygen atoms in total. The third-order valence-corrected chi connectivity index (χ3v) is 12.5. The molecule has 0 heterocycles. The Hall–Kier alpha value is -2.58. The summed E-state index contributed by atoms with van der Waals surface area (Å²) in [6, 6.07) is -0.904. The minimum Gasteiger partial charge on any atom is -0.756 e. The molecule has 2 N–H and O–H groups in total. The number of unbranched alkanes of at least 4 members (excludes halogenated alkanes) is 21. The summed E-state index contributed by atoms with van der Waals surface area (Å²) in [6.07, 6.45) is 69.5. The number of rotatable bonds is 48. The molecule has 9 heteroatoms. The van der Waals surface area contributed by atoms with Crippen LogP contribution in [0, 0.1) is 0 Å². The van der Waals surface area contributed by atoms with Crippen LogP contribution in [0.5, 0.6) is 0 Å². The van der Waals surface area contributed by atoms with E-state index in [1.807, 2.05) is 27.2 Å². The van der Waals surface area contributed by atoms with Crippen molar-refractivity contribution in [2.75, 3.05) is 40.9 Å². The predicted octanol–water partition coefficient (Wildman–Crippen LogP) is 15.6. The SMILES string of the molecule is CC/C=C\C/C=C\C/C=C\C/C=C\C/C=C\C/C=C\CCCCCCCCCCCCCCCCCCCCC(=O)NC(COP(=O)([O-])OCC[N+](C)(C)C)C(O)/C=C/CC/C=C/CCCC. The number of nitrogens with one attached hydrogen (secondary N) is 1. The largest absolute Gasteiger partial charge is 0.756 e. The lowest BCUT2D eigenvalue weighted by molar-refractivity contribution is -0.870. The number of phosphoric acid groups is 1. The number of quaternary nitrogens is 1. The maximum atomic E-state index is 12.9. The van der Waals surface area contributed by atoms with Gasteiger partial charge in [-0.2, -0.15) is 0 Å². The van der Waals surface area contributed by atoms with Gasteiger partial charge in [-0.05, 0) is 77.0 Å². The molecule has 0 bridgehead atoms. The van der Waals surface area contributed by atoms with E-state index in [1.165, 1.54) is 116 Å². The first-order valence-corrected chi connectivity index (χ1v) is 28.6. The first-order chi connectivity index (χ1) is 32.5. The number of hydrogen-bond donors (Lipinski definition) is 2. The Labute approximate surface area is 413 Å². The van der Waals surface area contributed by atoms with Gasteiger partial charge in [-0.3, -0.25) is 9.36 Å². The Morgan fingerprint density at radius 1 is 0.537 bits per heavy atom. The Kier molecular flexibility index (Phi) is 46.6. The number of allylic oxidation sites excluding steroid dienone is 15. The molecule has 0 aliphatic carbocycles. The van der Waals surface area contributed by atoms with E-state index in [0.717, 1.165) is 77.0 Å². The van der Waals surface area contributed by atoms with Crippen LogP contribution in [0.25, 0.3) is 0 Å². The fourth-order valence-electron chi connectivity index (χ4n) is 7.28. The lowest BCUT2D eigenvalue weighted by Gasteiger charge is -2.29. The van der Waals surface area contributed by atoms with Crippen LogP contribution in [-0.4, -0.2) is 68.5 Å². The number of phosphoric ester groups is 1. The fourth-order valence-corrected chi connectivity index (χ4v) is 8.00. The number of carbonyl (C=O) groups is 1. The minimum atomic E-state index is -4.59. The normalized spacial score (nSPS) is 14.8. The average Bonchev–Trinajstić information content (AvgIpc) is 3.29. The van der Waals surface area contributed by atoms with Gasteiger partial charge in [-0.25, -0.2) is 0 Å². The Morgan fingerprint density at radius 2 is 0.925 bits per heavy atom. The summed E-state index contributed by atoms with van der Waals surface area (Å²) < 4.78 is 23.1. The number of aliphatic hydroxyl groups is 1. The van der Waals surface area contributed by atoms with Crippen molar-refractivity contribution in [1.82, 2.24) is 5.32 Å². The number of likely N-dealkylation sites (N-methyl/N-ethyl adjacent to an activating group) is 1. The van der Waals surface area contributed by atoms with E-state index in [0.29, 0.717) is 17.4 Å². The number of amides is 1. The highest BCUT2D eigenvalue weighted by Crippen LogP contribution is 2.38. The Morgan fingerprint density at radius 3 is 1.39 bits per heavy atom. The molecule has 0 saturated heterocycles. The highest BCUT2D eigenvalue weighted by atomic mass is 31.2. The third-order valence-electron chi connectivity index (χ3n) is 11.5. The summed E-state index contributed by atoms with van der Waals surface area (Å²) in [5.74, 6) is -0.213. The molecule has 3 atom stereocenters. The Balaban J connectivity index is 3.90. The van der Waals surface area contributed by atoms with Gasteiger partial charge in [-0.15, -0.1) is 0 Å². The van der Waals surface area contributed by atoms with Crippen LogP contribution in [0.1, 0.15) is 213 Å². The van der Waals surface area contributed by atoms with E-state index in [-0.39, 0.29) is 12.5 Å². The summed E-state index contributed by atoms with van der Waals surface area (Å²) in [5, 5.41) is 13.7. The quantitative estimate of drug-likeness (QED) is 0.0272. The van der Waals surface area contributed by atoms with Crippen LogP contribution in [0.4, 0.5) is 0 Å². The molecule has 0 saturated carbocycles. The molecule has 386 valence electrons. The summed E-state index contributed by atoms with van der Waals surface area (Å²) in [4.78, 5) is 25.3. The van der Waals surface area contributed by atoms with Gasteiger partial charge in [0.2, 0.25) is 5.91 Å². The molecule has 3 unspecified atom stereocenters. The van der Waals surface area contributed by atoms with Crippen LogP contribution in [-0.2, 0) is 18.4 Å². The number of carbonyl (C=O) groups excluding carboxylic acids is 1. The monoisotopic (exact) mass is 955 g/mol. The van der Waals surface area contributed by atoms with Crippen LogP contribution >= 0.6 is 7.82 Å². The molecular weight excluding hydrogens is 852 g/mol. The number of nitrogens with zero attached hydrogens (tertiary/aromatic N) is 1. The maximum Gasteiger partial charge on any atom is 0.268 e. The summed E-state index contributed by atoms with van der Waals surface area (Å²) in [6.45, 7) is 4.42. The average molecular weight is 955 g/mol. The van der Waals surface area contributed by atoms with Crippen molar-refractivity contribution >= 4 is 13.7 Å². The summed E-state index contributed by atoms with van der Waals surface area (Å²) in [5.41, 5.74) is 0. The van der Waals surface area contributed by atoms with Crippen LogP contribution in [0.15, 0.2) is 97.2 Å². The molecule has 0 aromatic rings. The molecule has 0 aromatic carbocycles. The molecule has 0 rings (SSSR count). The smallest absolute Gasteiger partial charge is 0.268 e. The summed E-state index contributed by atoms with van der Waals surface area (Å²) >= 11 is 0. The summed E-state index contributed by atoms with van der Waals surface area (Å²) in [7, 11) is 1.23. The topological polar surface area (TPSA) is 108 Å². The van der Waals surface area contributed by atoms with Crippen molar-refractivity contribution in [2.24, 2.45) is 0 Å². The lowest BCUT2D eigenvalue weighted by atomic mass is 10.0. The van der Waals surface area contributed by atoms with E-state index in [2.05, 4.69) is 104 Å². The first kappa shape index (κ1) is 64.4. The predicted molar refractivity (Wildman–Crippen MR) is 288 cm³/mol. The molecule has 1 amide bonds. The molecule has 0 aliphatic heterocycles.